The summed E-state index contributed by atoms with van der Waals surface area (Å²) < 4.78 is 23.4. The molecule has 3 aliphatic carbocycles. The van der Waals surface area contributed by atoms with Crippen LogP contribution in [0.1, 0.15) is 46.4 Å². The minimum atomic E-state index is -1.30. The monoisotopic (exact) mass is 676 g/mol. The summed E-state index contributed by atoms with van der Waals surface area (Å²) in [4.78, 5) is 66.7. The molecule has 12 heteroatoms. The van der Waals surface area contributed by atoms with Crippen molar-refractivity contribution in [1.82, 2.24) is 29.8 Å². The molecular weight excluding hydrogens is 627 g/mol. The molecule has 9 atom stereocenters. The molecule has 0 radical (unpaired) electrons. The van der Waals surface area contributed by atoms with Gasteiger partial charge in [0.25, 0.3) is 5.91 Å². The molecule has 4 aliphatic heterocycles. The number of Topliss-reactive ketones (excluding diaryl/α,β-unsaturated/α-hetero) is 3. The molecule has 1 N–H and O–H groups in total. The number of carbonyl (C=O) groups excluding carboxylic acids is 4. The van der Waals surface area contributed by atoms with Gasteiger partial charge in [0.2, 0.25) is 0 Å². The van der Waals surface area contributed by atoms with Crippen molar-refractivity contribution in [3.05, 3.63) is 47.2 Å². The number of ether oxygens (including phenoxy) is 1. The first kappa shape index (κ1) is 33.1. The van der Waals surface area contributed by atoms with E-state index in [9.17, 15) is 19.2 Å². The highest BCUT2D eigenvalue weighted by Crippen LogP contribution is 2.50. The number of amides is 1. The minimum Gasteiger partial charge on any atom is -0.369 e. The summed E-state index contributed by atoms with van der Waals surface area (Å²) in [5.74, 6) is -2.57. The molecule has 49 heavy (non-hydrogen) atoms. The molecule has 4 heterocycles. The second-order valence-corrected chi connectivity index (χ2v) is 15.5. The van der Waals surface area contributed by atoms with Crippen LogP contribution < -0.4 is 5.32 Å². The van der Waals surface area contributed by atoms with E-state index in [1.54, 1.807) is 30.5 Å². The average molecular weight is 677 g/mol. The maximum absolute atomic E-state index is 16.5. The number of likely N-dealkylation sites (N-methyl/N-ethyl adjacent to an activating group) is 2. The number of piperazine rings is 2. The number of morpholine rings is 1. The molecule has 1 amide bonds. The van der Waals surface area contributed by atoms with Gasteiger partial charge in [-0.05, 0) is 46.3 Å². The van der Waals surface area contributed by atoms with Gasteiger partial charge in [-0.25, -0.2) is 4.39 Å². The number of fused-ring (bicyclic) bond motifs is 4. The van der Waals surface area contributed by atoms with Crippen LogP contribution in [0.2, 0.25) is 0 Å². The zero-order valence-corrected chi connectivity index (χ0v) is 28.6. The van der Waals surface area contributed by atoms with Crippen LogP contribution in [-0.4, -0.2) is 164 Å². The lowest BCUT2D eigenvalue weighted by molar-refractivity contribution is -0.217. The normalized spacial score (nSPS) is 37.1. The van der Waals surface area contributed by atoms with Crippen molar-refractivity contribution in [2.24, 2.45) is 17.8 Å². The molecule has 3 saturated heterocycles. The lowest BCUT2D eigenvalue weighted by Gasteiger charge is -2.61. The molecule has 7 aliphatic rings. The predicted molar refractivity (Wildman–Crippen MR) is 180 cm³/mol. The zero-order valence-electron chi connectivity index (χ0n) is 28.6. The van der Waals surface area contributed by atoms with Crippen molar-refractivity contribution in [3.63, 3.8) is 0 Å². The van der Waals surface area contributed by atoms with Crippen LogP contribution in [0.3, 0.4) is 0 Å². The Balaban J connectivity index is 1.08. The summed E-state index contributed by atoms with van der Waals surface area (Å²) in [6.07, 6.45) is 0.882. The highest BCUT2D eigenvalue weighted by atomic mass is 19.1. The molecule has 5 fully saturated rings. The number of nitrogens with one attached hydrogen (secondary N) is 1. The minimum absolute atomic E-state index is 0.0269. The molecule has 1 aromatic carbocycles. The Morgan fingerprint density at radius 2 is 1.45 bits per heavy atom. The third-order valence-electron chi connectivity index (χ3n) is 12.6. The van der Waals surface area contributed by atoms with E-state index in [1.165, 1.54) is 0 Å². The van der Waals surface area contributed by atoms with Crippen molar-refractivity contribution in [2.75, 3.05) is 79.5 Å². The fraction of sp³-hybridized carbons (Fsp3) is 0.676. The highest BCUT2D eigenvalue weighted by Gasteiger charge is 2.62. The first-order valence-electron chi connectivity index (χ1n) is 18.3. The van der Waals surface area contributed by atoms with Gasteiger partial charge in [-0.15, -0.1) is 0 Å². The number of alkyl halides is 1. The van der Waals surface area contributed by atoms with Gasteiger partial charge in [-0.3, -0.25) is 24.1 Å². The van der Waals surface area contributed by atoms with Crippen molar-refractivity contribution in [3.8, 4) is 0 Å². The molecule has 0 aromatic heterocycles. The number of nitrogens with zero attached hydrogens (tertiary/aromatic N) is 5. The Hall–Kier alpha value is -3.03. The molecule has 2 saturated carbocycles. The van der Waals surface area contributed by atoms with E-state index in [1.807, 2.05) is 0 Å². The molecule has 264 valence electrons. The number of ketones is 3. The number of rotatable bonds is 6. The van der Waals surface area contributed by atoms with Gasteiger partial charge in [-0.2, -0.15) is 0 Å². The van der Waals surface area contributed by atoms with Crippen molar-refractivity contribution in [2.45, 2.75) is 62.2 Å². The van der Waals surface area contributed by atoms with Crippen LogP contribution in [0.25, 0.3) is 0 Å². The molecule has 0 spiro atoms. The average Bonchev–Trinajstić information content (AvgIpc) is 3.11. The van der Waals surface area contributed by atoms with Gasteiger partial charge < -0.3 is 29.7 Å². The standard InChI is InChI=1S/C37H49FN6O5/c1-40-10-14-42(15-11-40)9-5-8-39-37(48)27-21-44-29-19-24-25(34(46)23-7-4-3-6-22(23)33(24)45)20-30(29)49-36-31(44)26(35(27)47)18-28(38)32(36)43-16-12-41(2)13-17-43/h3-4,6-7,21,24-26,28-32,36H,5,8-20H2,1-2H3,(H,39,48). The van der Waals surface area contributed by atoms with Crippen LogP contribution in [0.4, 0.5) is 4.39 Å². The second-order valence-electron chi connectivity index (χ2n) is 15.5. The Morgan fingerprint density at radius 1 is 0.816 bits per heavy atom. The van der Waals surface area contributed by atoms with E-state index < -0.39 is 54.1 Å². The van der Waals surface area contributed by atoms with Crippen LogP contribution >= 0.6 is 0 Å². The molecule has 9 unspecified atom stereocenters. The summed E-state index contributed by atoms with van der Waals surface area (Å²) in [7, 11) is 4.18. The molecule has 11 nitrogen and oxygen atoms in total. The summed E-state index contributed by atoms with van der Waals surface area (Å²) >= 11 is 0. The van der Waals surface area contributed by atoms with Crippen LogP contribution in [-0.2, 0) is 14.3 Å². The maximum atomic E-state index is 16.5. The summed E-state index contributed by atoms with van der Waals surface area (Å²) in [6, 6.07) is 5.74. The number of carbonyl (C=O) groups is 4. The van der Waals surface area contributed by atoms with Gasteiger partial charge >= 0.3 is 0 Å². The van der Waals surface area contributed by atoms with Crippen molar-refractivity contribution < 1.29 is 28.3 Å². The van der Waals surface area contributed by atoms with Gasteiger partial charge in [0.1, 0.15) is 6.17 Å². The molecule has 0 bridgehead atoms. The summed E-state index contributed by atoms with van der Waals surface area (Å²) in [5.41, 5.74) is 0.991. The van der Waals surface area contributed by atoms with Gasteiger partial charge in [0, 0.05) is 94.0 Å². The Kier molecular flexibility index (Phi) is 8.97. The third kappa shape index (κ3) is 5.87. The smallest absolute Gasteiger partial charge is 0.256 e. The Morgan fingerprint density at radius 3 is 2.12 bits per heavy atom. The Labute approximate surface area is 287 Å². The van der Waals surface area contributed by atoms with E-state index in [0.29, 0.717) is 43.6 Å². The SMILES string of the molecule is CN1CCN(CCCNC(=O)C2=CN3C4CC5C(=O)c6ccccc6C(=O)C5CC4OC4C(N5CCN(C)CC5)C(F)CC(C2=O)C43)CC1. The Bertz CT molecular complexity index is 1520. The molecule has 8 rings (SSSR count). The van der Waals surface area contributed by atoms with E-state index >= 15 is 4.39 Å². The van der Waals surface area contributed by atoms with Crippen molar-refractivity contribution in [1.29, 1.82) is 0 Å². The van der Waals surface area contributed by atoms with E-state index in [4.69, 9.17) is 4.74 Å². The number of halogens is 1. The fourth-order valence-electron chi connectivity index (χ4n) is 9.87. The van der Waals surface area contributed by atoms with E-state index in [0.717, 1.165) is 52.2 Å². The van der Waals surface area contributed by atoms with Crippen LogP contribution in [0.5, 0.6) is 0 Å². The lowest BCUT2D eigenvalue weighted by Crippen LogP contribution is -2.74. The van der Waals surface area contributed by atoms with Crippen LogP contribution in [0.15, 0.2) is 36.0 Å². The first-order chi connectivity index (χ1) is 23.7. The summed E-state index contributed by atoms with van der Waals surface area (Å²) in [6.45, 7) is 8.40. The molecular formula is C37H49FN6O5. The zero-order chi connectivity index (χ0) is 34.0. The number of hydrogen-bond acceptors (Lipinski definition) is 10. The van der Waals surface area contributed by atoms with E-state index in [-0.39, 0.29) is 35.4 Å². The van der Waals surface area contributed by atoms with E-state index in [2.05, 4.69) is 43.9 Å². The highest BCUT2D eigenvalue weighted by molar-refractivity contribution is 6.20. The second kappa shape index (κ2) is 13.3. The third-order valence-corrected chi connectivity index (χ3v) is 12.6. The van der Waals surface area contributed by atoms with Crippen LogP contribution in [0, 0.1) is 17.8 Å². The van der Waals surface area contributed by atoms with Gasteiger partial charge in [0.05, 0.1) is 35.9 Å². The van der Waals surface area contributed by atoms with Gasteiger partial charge in [0.15, 0.2) is 17.3 Å². The fourth-order valence-corrected chi connectivity index (χ4v) is 9.87. The number of benzene rings is 1. The topological polar surface area (TPSA) is 106 Å². The first-order valence-corrected chi connectivity index (χ1v) is 18.3. The largest absolute Gasteiger partial charge is 0.369 e. The quantitative estimate of drug-likeness (QED) is 0.348. The lowest BCUT2D eigenvalue weighted by atomic mass is 9.63. The van der Waals surface area contributed by atoms with Gasteiger partial charge in [-0.1, -0.05) is 24.3 Å². The molecule has 1 aromatic rings. The maximum Gasteiger partial charge on any atom is 0.256 e. The summed E-state index contributed by atoms with van der Waals surface area (Å²) in [5, 5.41) is 2.99. The predicted octanol–water partition coefficient (Wildman–Crippen LogP) is 1.09. The van der Waals surface area contributed by atoms with Crippen molar-refractivity contribution >= 4 is 23.3 Å². The number of hydrogen-bond donors (Lipinski definition) is 1.